The molecular weight excluding hydrogens is 412 g/mol. The van der Waals surface area contributed by atoms with Gasteiger partial charge in [0.1, 0.15) is 17.9 Å². The molecule has 0 saturated heterocycles. The molecule has 0 fully saturated rings. The van der Waals surface area contributed by atoms with Crippen LogP contribution in [0.3, 0.4) is 0 Å². The maximum Gasteiger partial charge on any atom is 0.348 e. The third-order valence-electron chi connectivity index (χ3n) is 5.20. The van der Waals surface area contributed by atoms with Crippen LogP contribution < -0.4 is 19.8 Å². The molecule has 1 aliphatic heterocycles. The summed E-state index contributed by atoms with van der Waals surface area (Å²) in [6, 6.07) is 12.3. The van der Waals surface area contributed by atoms with Crippen molar-refractivity contribution in [1.29, 1.82) is 0 Å². The van der Waals surface area contributed by atoms with Crippen LogP contribution in [0.4, 0.5) is 0 Å². The second-order valence-electron chi connectivity index (χ2n) is 7.55. The van der Waals surface area contributed by atoms with E-state index in [1.807, 2.05) is 13.0 Å². The number of methoxy groups -OCH3 is 1. The second-order valence-corrected chi connectivity index (χ2v) is 7.55. The van der Waals surface area contributed by atoms with Gasteiger partial charge in [0.2, 0.25) is 6.10 Å². The van der Waals surface area contributed by atoms with Gasteiger partial charge in [0.25, 0.3) is 0 Å². The van der Waals surface area contributed by atoms with Crippen LogP contribution in [0.1, 0.15) is 30.9 Å². The molecular formula is C25H24O7. The lowest BCUT2D eigenvalue weighted by Crippen LogP contribution is -2.32. The summed E-state index contributed by atoms with van der Waals surface area (Å²) in [5.74, 6) is 0.0378. The molecule has 1 aromatic heterocycles. The van der Waals surface area contributed by atoms with Gasteiger partial charge < -0.3 is 23.4 Å². The number of hydrogen-bond acceptors (Lipinski definition) is 7. The molecule has 0 saturated carbocycles. The van der Waals surface area contributed by atoms with Crippen LogP contribution in [-0.2, 0) is 9.53 Å². The number of carbonyl (C=O) groups is 1. The number of fused-ring (bicyclic) bond motifs is 3. The van der Waals surface area contributed by atoms with Crippen molar-refractivity contribution in [3.05, 3.63) is 76.2 Å². The van der Waals surface area contributed by atoms with Crippen LogP contribution in [0.25, 0.3) is 11.0 Å². The minimum absolute atomic E-state index is 0.189. The van der Waals surface area contributed by atoms with E-state index < -0.39 is 23.6 Å². The summed E-state index contributed by atoms with van der Waals surface area (Å²) >= 11 is 0. The van der Waals surface area contributed by atoms with Gasteiger partial charge >= 0.3 is 11.6 Å². The Labute approximate surface area is 185 Å². The largest absolute Gasteiger partial charge is 0.493 e. The van der Waals surface area contributed by atoms with Crippen molar-refractivity contribution in [3.63, 3.8) is 0 Å². The zero-order valence-electron chi connectivity index (χ0n) is 18.2. The van der Waals surface area contributed by atoms with Crippen molar-refractivity contribution in [3.8, 4) is 17.2 Å². The van der Waals surface area contributed by atoms with Gasteiger partial charge in [-0.2, -0.15) is 0 Å². The van der Waals surface area contributed by atoms with Gasteiger partial charge in [0.15, 0.2) is 11.5 Å². The van der Waals surface area contributed by atoms with Crippen molar-refractivity contribution in [1.82, 2.24) is 0 Å². The number of carbonyl (C=O) groups excluding carboxylic acids is 1. The minimum atomic E-state index is -1.04. The highest BCUT2D eigenvalue weighted by molar-refractivity contribution is 5.88. The molecule has 0 bridgehead atoms. The van der Waals surface area contributed by atoms with E-state index in [-0.39, 0.29) is 12.2 Å². The van der Waals surface area contributed by atoms with E-state index in [2.05, 4.69) is 6.58 Å². The highest BCUT2D eigenvalue weighted by atomic mass is 16.6. The fraction of sp³-hybridized carbons (Fsp3) is 0.280. The molecule has 0 unspecified atom stereocenters. The van der Waals surface area contributed by atoms with Gasteiger partial charge in [0.05, 0.1) is 30.6 Å². The van der Waals surface area contributed by atoms with Gasteiger partial charge in [0, 0.05) is 0 Å². The van der Waals surface area contributed by atoms with Gasteiger partial charge in [-0.3, -0.25) is 0 Å². The van der Waals surface area contributed by atoms with Gasteiger partial charge in [-0.25, -0.2) is 9.59 Å². The molecule has 2 heterocycles. The topological polar surface area (TPSA) is 84.2 Å². The van der Waals surface area contributed by atoms with Gasteiger partial charge in [-0.15, -0.1) is 0 Å². The third-order valence-corrected chi connectivity index (χ3v) is 5.20. The van der Waals surface area contributed by atoms with E-state index in [0.717, 1.165) is 5.57 Å². The number of rotatable bonds is 7. The Balaban J connectivity index is 1.86. The molecule has 0 spiro atoms. The van der Waals surface area contributed by atoms with Crippen molar-refractivity contribution in [2.24, 2.45) is 0 Å². The summed E-state index contributed by atoms with van der Waals surface area (Å²) in [5.41, 5.74) is 1.61. The summed E-state index contributed by atoms with van der Waals surface area (Å²) in [6.45, 7) is 7.94. The molecule has 2 atom stereocenters. The van der Waals surface area contributed by atoms with E-state index in [9.17, 15) is 9.59 Å². The summed E-state index contributed by atoms with van der Waals surface area (Å²) in [4.78, 5) is 25.8. The van der Waals surface area contributed by atoms with E-state index in [0.29, 0.717) is 40.4 Å². The first-order valence-corrected chi connectivity index (χ1v) is 10.3. The van der Waals surface area contributed by atoms with E-state index in [1.165, 1.54) is 7.11 Å². The molecule has 2 aromatic carbocycles. The van der Waals surface area contributed by atoms with E-state index in [1.54, 1.807) is 43.3 Å². The SMILES string of the molecule is C=C(C)COc1ccc([C@H]2c3c(c4ccccc4oc3=O)O[C@H]2C(=O)OCC)cc1OC. The quantitative estimate of drug-likeness (QED) is 0.312. The number of benzene rings is 2. The van der Waals surface area contributed by atoms with Crippen molar-refractivity contribution < 1.29 is 28.2 Å². The Kier molecular flexibility index (Phi) is 5.90. The second kappa shape index (κ2) is 8.78. The fourth-order valence-electron chi connectivity index (χ4n) is 3.83. The average Bonchev–Trinajstić information content (AvgIpc) is 3.19. The molecule has 0 radical (unpaired) electrons. The third kappa shape index (κ3) is 3.82. The van der Waals surface area contributed by atoms with Gasteiger partial charge in [-0.1, -0.05) is 24.8 Å². The molecule has 0 aliphatic carbocycles. The highest BCUT2D eigenvalue weighted by Gasteiger charge is 2.45. The molecule has 1 aliphatic rings. The molecule has 3 aromatic rings. The van der Waals surface area contributed by atoms with Crippen LogP contribution in [0.5, 0.6) is 17.2 Å². The maximum absolute atomic E-state index is 13.0. The van der Waals surface area contributed by atoms with Crippen molar-refractivity contribution in [2.45, 2.75) is 25.9 Å². The Morgan fingerprint density at radius 3 is 2.66 bits per heavy atom. The molecule has 32 heavy (non-hydrogen) atoms. The first-order valence-electron chi connectivity index (χ1n) is 10.3. The fourth-order valence-corrected chi connectivity index (χ4v) is 3.83. The predicted octanol–water partition coefficient (Wildman–Crippen LogP) is 4.21. The molecule has 0 N–H and O–H groups in total. The lowest BCUT2D eigenvalue weighted by molar-refractivity contribution is -0.151. The average molecular weight is 436 g/mol. The normalized spacial score (nSPS) is 16.8. The van der Waals surface area contributed by atoms with Crippen molar-refractivity contribution in [2.75, 3.05) is 20.3 Å². The first kappa shape index (κ1) is 21.5. The number of para-hydroxylation sites is 1. The molecule has 166 valence electrons. The summed E-state index contributed by atoms with van der Waals surface area (Å²) < 4.78 is 28.1. The van der Waals surface area contributed by atoms with Crippen LogP contribution in [0.2, 0.25) is 0 Å². The molecule has 7 heteroatoms. The maximum atomic E-state index is 13.0. The molecule has 4 rings (SSSR count). The Morgan fingerprint density at radius 1 is 1.16 bits per heavy atom. The Morgan fingerprint density at radius 2 is 1.94 bits per heavy atom. The zero-order valence-corrected chi connectivity index (χ0v) is 18.2. The van der Waals surface area contributed by atoms with Crippen molar-refractivity contribution >= 4 is 16.9 Å². The van der Waals surface area contributed by atoms with Crippen LogP contribution in [0.15, 0.2) is 63.8 Å². The Bertz CT molecular complexity index is 1240. The summed E-state index contributed by atoms with van der Waals surface area (Å²) in [5, 5.41) is 0.618. The predicted molar refractivity (Wildman–Crippen MR) is 119 cm³/mol. The highest BCUT2D eigenvalue weighted by Crippen LogP contribution is 2.46. The lowest BCUT2D eigenvalue weighted by atomic mass is 9.88. The van der Waals surface area contributed by atoms with Gasteiger partial charge in [-0.05, 0) is 49.2 Å². The summed E-state index contributed by atoms with van der Waals surface area (Å²) in [6.07, 6.45) is -1.04. The zero-order chi connectivity index (χ0) is 22.8. The minimum Gasteiger partial charge on any atom is -0.493 e. The first-order chi connectivity index (χ1) is 15.4. The molecule has 0 amide bonds. The lowest BCUT2D eigenvalue weighted by Gasteiger charge is -2.19. The molecule has 7 nitrogen and oxygen atoms in total. The smallest absolute Gasteiger partial charge is 0.348 e. The van der Waals surface area contributed by atoms with Crippen LogP contribution in [-0.4, -0.2) is 32.4 Å². The monoisotopic (exact) mass is 436 g/mol. The standard InChI is InChI=1S/C25H24O7/c1-5-29-25(27)23-20(15-10-11-18(19(12-15)28-4)30-13-14(2)3)21-22(32-23)16-8-6-7-9-17(16)31-24(21)26/h6-12,20,23H,2,5,13H2,1,3-4H3/t20-,23+/m0/s1. The number of hydrogen-bond donors (Lipinski definition) is 0. The number of esters is 1. The summed E-state index contributed by atoms with van der Waals surface area (Å²) in [7, 11) is 1.52. The van der Waals surface area contributed by atoms with Crippen LogP contribution >= 0.6 is 0 Å². The number of ether oxygens (including phenoxy) is 4. The van der Waals surface area contributed by atoms with E-state index in [4.69, 9.17) is 23.4 Å². The van der Waals surface area contributed by atoms with Crippen LogP contribution in [0, 0.1) is 0 Å². The van der Waals surface area contributed by atoms with E-state index >= 15 is 0 Å². The Hall–Kier alpha value is -3.74.